The van der Waals surface area contributed by atoms with Gasteiger partial charge >= 0.3 is 6.03 Å². The van der Waals surface area contributed by atoms with Gasteiger partial charge in [-0.25, -0.2) is 9.18 Å². The third-order valence-electron chi connectivity index (χ3n) is 4.42. The van der Waals surface area contributed by atoms with Crippen molar-refractivity contribution < 1.29 is 18.7 Å². The number of nitrogens with one attached hydrogen (secondary N) is 2. The summed E-state index contributed by atoms with van der Waals surface area (Å²) in [6, 6.07) is 14.0. The Morgan fingerprint density at radius 3 is 2.59 bits per heavy atom. The maximum atomic E-state index is 13.0. The minimum Gasteiger partial charge on any atom is -0.496 e. The fourth-order valence-electron chi connectivity index (χ4n) is 2.96. The largest absolute Gasteiger partial charge is 0.496 e. The number of halogens is 1. The van der Waals surface area contributed by atoms with E-state index in [-0.39, 0.29) is 11.4 Å². The summed E-state index contributed by atoms with van der Waals surface area (Å²) in [6.45, 7) is 0. The van der Waals surface area contributed by atoms with Gasteiger partial charge in [-0.1, -0.05) is 11.8 Å². The molecule has 0 aliphatic heterocycles. The molecule has 0 spiro atoms. The number of carbonyl (C=O) groups is 2. The molecule has 4 aromatic rings. The molecule has 32 heavy (non-hydrogen) atoms. The Balaban J connectivity index is 1.51. The highest BCUT2D eigenvalue weighted by Gasteiger charge is 2.15. The van der Waals surface area contributed by atoms with E-state index in [1.807, 2.05) is 12.1 Å². The first-order valence-corrected chi connectivity index (χ1v) is 10.9. The van der Waals surface area contributed by atoms with E-state index in [4.69, 9.17) is 10.5 Å². The highest BCUT2D eigenvalue weighted by molar-refractivity contribution is 8.01. The van der Waals surface area contributed by atoms with Crippen LogP contribution in [0.25, 0.3) is 10.9 Å². The molecule has 0 radical (unpaired) electrons. The minimum absolute atomic E-state index is 0.279. The lowest BCUT2D eigenvalue weighted by molar-refractivity contribution is 0.0997. The lowest BCUT2D eigenvalue weighted by atomic mass is 10.1. The second kappa shape index (κ2) is 9.25. The number of pyridine rings is 1. The molecule has 2 heterocycles. The Kier molecular flexibility index (Phi) is 6.24. The highest BCUT2D eigenvalue weighted by Crippen LogP contribution is 2.39. The maximum Gasteiger partial charge on any atom is 0.324 e. The molecule has 0 aliphatic carbocycles. The molecule has 0 aliphatic rings. The molecule has 0 fully saturated rings. The monoisotopic (exact) mass is 468 g/mol. The first-order chi connectivity index (χ1) is 15.4. The molecule has 0 saturated carbocycles. The number of thiophene rings is 1. The number of hydrogen-bond donors (Lipinski definition) is 3. The smallest absolute Gasteiger partial charge is 0.324 e. The van der Waals surface area contributed by atoms with Crippen LogP contribution < -0.4 is 21.1 Å². The first kappa shape index (κ1) is 21.6. The third kappa shape index (κ3) is 4.82. The van der Waals surface area contributed by atoms with Crippen molar-refractivity contribution in [3.8, 4) is 5.75 Å². The van der Waals surface area contributed by atoms with E-state index in [2.05, 4.69) is 15.6 Å². The van der Waals surface area contributed by atoms with Gasteiger partial charge in [-0.05, 0) is 48.5 Å². The SMILES string of the molecule is COc1cc2nccc(Sc3ccc(NC(=O)Nc4ccc(F)cc4)s3)c2cc1C(N)=O. The molecule has 0 bridgehead atoms. The summed E-state index contributed by atoms with van der Waals surface area (Å²) in [7, 11) is 1.47. The van der Waals surface area contributed by atoms with Gasteiger partial charge in [0, 0.05) is 28.2 Å². The summed E-state index contributed by atoms with van der Waals surface area (Å²) in [5.74, 6) is -0.589. The van der Waals surface area contributed by atoms with Crippen molar-refractivity contribution in [3.63, 3.8) is 0 Å². The molecule has 4 rings (SSSR count). The fraction of sp³-hybridized carbons (Fsp3) is 0.0455. The number of carbonyl (C=O) groups excluding carboxylic acids is 2. The number of anilines is 2. The topological polar surface area (TPSA) is 106 Å². The summed E-state index contributed by atoms with van der Waals surface area (Å²) in [5.41, 5.74) is 6.92. The van der Waals surface area contributed by atoms with Gasteiger partial charge in [-0.15, -0.1) is 11.3 Å². The summed E-state index contributed by atoms with van der Waals surface area (Å²) in [4.78, 5) is 29.2. The van der Waals surface area contributed by atoms with Crippen molar-refractivity contribution >= 4 is 56.6 Å². The first-order valence-electron chi connectivity index (χ1n) is 9.31. The maximum absolute atomic E-state index is 13.0. The number of urea groups is 1. The Bertz CT molecular complexity index is 1310. The van der Waals surface area contributed by atoms with E-state index in [9.17, 15) is 14.0 Å². The van der Waals surface area contributed by atoms with Gasteiger partial charge in [0.1, 0.15) is 11.6 Å². The predicted molar refractivity (Wildman–Crippen MR) is 124 cm³/mol. The summed E-state index contributed by atoms with van der Waals surface area (Å²) in [5, 5.41) is 6.82. The van der Waals surface area contributed by atoms with E-state index in [0.717, 1.165) is 14.5 Å². The minimum atomic E-state index is -0.585. The predicted octanol–water partition coefficient (Wildman–Crippen LogP) is 5.34. The molecule has 4 N–H and O–H groups in total. The van der Waals surface area contributed by atoms with E-state index in [0.29, 0.717) is 22.0 Å². The van der Waals surface area contributed by atoms with Crippen molar-refractivity contribution in [2.45, 2.75) is 9.10 Å². The molecular weight excluding hydrogens is 451 g/mol. The molecule has 0 saturated heterocycles. The average Bonchev–Trinajstić information content (AvgIpc) is 3.21. The standard InChI is InChI=1S/C22H17FN4O3S2/c1-30-17-11-16-14(10-15(17)21(24)28)18(8-9-25-16)31-20-7-6-19(32-20)27-22(29)26-13-4-2-12(23)3-5-13/h2-11H,1H3,(H2,24,28)(H2,26,27,29). The number of ether oxygens (including phenoxy) is 1. The van der Waals surface area contributed by atoms with Crippen molar-refractivity contribution in [3.05, 3.63) is 72.2 Å². The average molecular weight is 469 g/mol. The van der Waals surface area contributed by atoms with E-state index in [1.54, 1.807) is 24.4 Å². The number of hydrogen-bond acceptors (Lipinski definition) is 6. The molecule has 162 valence electrons. The van der Waals surface area contributed by atoms with Gasteiger partial charge in [-0.2, -0.15) is 0 Å². The molecule has 2 aromatic carbocycles. The van der Waals surface area contributed by atoms with Crippen LogP contribution in [0.1, 0.15) is 10.4 Å². The van der Waals surface area contributed by atoms with Crippen LogP contribution in [0.3, 0.4) is 0 Å². The number of nitrogens with zero attached hydrogens (tertiary/aromatic N) is 1. The fourth-order valence-corrected chi connectivity index (χ4v) is 5.05. The number of methoxy groups -OCH3 is 1. The van der Waals surface area contributed by atoms with Crippen molar-refractivity contribution in [2.75, 3.05) is 17.7 Å². The van der Waals surface area contributed by atoms with E-state index in [1.165, 1.54) is 54.5 Å². The zero-order chi connectivity index (χ0) is 22.7. The summed E-state index contributed by atoms with van der Waals surface area (Å²) >= 11 is 2.87. The molecule has 0 unspecified atom stereocenters. The number of nitrogens with two attached hydrogens (primary N) is 1. The number of fused-ring (bicyclic) bond motifs is 1. The summed E-state index contributed by atoms with van der Waals surface area (Å²) < 4.78 is 19.2. The quantitative estimate of drug-likeness (QED) is 0.354. The molecule has 10 heteroatoms. The second-order valence-corrected chi connectivity index (χ2v) is 8.98. The molecule has 2 aromatic heterocycles. The van der Waals surface area contributed by atoms with Gasteiger partial charge in [0.25, 0.3) is 5.91 Å². The zero-order valence-corrected chi connectivity index (χ0v) is 18.4. The molecule has 7 nitrogen and oxygen atoms in total. The number of amides is 3. The Labute approximate surface area is 190 Å². The Morgan fingerprint density at radius 1 is 1.09 bits per heavy atom. The van der Waals surface area contributed by atoms with Gasteiger partial charge in [0.2, 0.25) is 0 Å². The second-order valence-electron chi connectivity index (χ2n) is 6.55. The van der Waals surface area contributed by atoms with Gasteiger partial charge in [0.15, 0.2) is 0 Å². The number of rotatable bonds is 6. The van der Waals surface area contributed by atoms with Gasteiger partial charge < -0.3 is 15.8 Å². The van der Waals surface area contributed by atoms with Crippen molar-refractivity contribution in [2.24, 2.45) is 5.73 Å². The molecule has 3 amide bonds. The molecular formula is C22H17FN4O3S2. The third-order valence-corrected chi connectivity index (χ3v) is 6.63. The van der Waals surface area contributed by atoms with Crippen LogP contribution in [-0.2, 0) is 0 Å². The van der Waals surface area contributed by atoms with Crippen LogP contribution in [0.2, 0.25) is 0 Å². The van der Waals surface area contributed by atoms with Crippen molar-refractivity contribution in [1.82, 2.24) is 4.98 Å². The van der Waals surface area contributed by atoms with Crippen LogP contribution in [-0.4, -0.2) is 24.0 Å². The normalized spacial score (nSPS) is 10.7. The lowest BCUT2D eigenvalue weighted by Gasteiger charge is -2.10. The Morgan fingerprint density at radius 2 is 1.88 bits per heavy atom. The van der Waals surface area contributed by atoms with E-state index >= 15 is 0 Å². The van der Waals surface area contributed by atoms with Gasteiger partial charge in [-0.3, -0.25) is 15.1 Å². The van der Waals surface area contributed by atoms with Crippen LogP contribution in [0.5, 0.6) is 5.75 Å². The van der Waals surface area contributed by atoms with Crippen LogP contribution in [0, 0.1) is 5.82 Å². The van der Waals surface area contributed by atoms with Gasteiger partial charge in [0.05, 0.1) is 27.4 Å². The Hall–Kier alpha value is -3.63. The van der Waals surface area contributed by atoms with Crippen LogP contribution in [0.15, 0.2) is 69.9 Å². The highest BCUT2D eigenvalue weighted by atomic mass is 32.2. The number of benzene rings is 2. The van der Waals surface area contributed by atoms with E-state index < -0.39 is 11.9 Å². The molecule has 0 atom stereocenters. The van der Waals surface area contributed by atoms with Crippen LogP contribution >= 0.6 is 23.1 Å². The van der Waals surface area contributed by atoms with Crippen LogP contribution in [0.4, 0.5) is 19.9 Å². The number of aromatic nitrogens is 1. The number of primary amides is 1. The van der Waals surface area contributed by atoms with Crippen molar-refractivity contribution in [1.29, 1.82) is 0 Å². The lowest BCUT2D eigenvalue weighted by Crippen LogP contribution is -2.18. The summed E-state index contributed by atoms with van der Waals surface area (Å²) in [6.07, 6.45) is 1.68. The zero-order valence-electron chi connectivity index (χ0n) is 16.7.